The van der Waals surface area contributed by atoms with E-state index in [0.717, 1.165) is 30.4 Å². The fourth-order valence-corrected chi connectivity index (χ4v) is 3.75. The first kappa shape index (κ1) is 22.3. The molecule has 2 aromatic carbocycles. The summed E-state index contributed by atoms with van der Waals surface area (Å²) < 4.78 is 6.62. The lowest BCUT2D eigenvalue weighted by Gasteiger charge is -2.30. The van der Waals surface area contributed by atoms with Crippen LogP contribution in [-0.2, 0) is 0 Å². The van der Waals surface area contributed by atoms with Gasteiger partial charge in [-0.2, -0.15) is 0 Å². The number of amides is 2. The van der Waals surface area contributed by atoms with Gasteiger partial charge in [0.05, 0.1) is 12.2 Å². The Morgan fingerprint density at radius 2 is 1.90 bits per heavy atom. The number of anilines is 1. The molecule has 160 valence electrons. The average Bonchev–Trinajstić information content (AvgIpc) is 2.73. The Morgan fingerprint density at radius 3 is 2.60 bits per heavy atom. The maximum absolute atomic E-state index is 12.9. The summed E-state index contributed by atoms with van der Waals surface area (Å²) >= 11 is 3.42. The molecule has 1 aliphatic rings. The summed E-state index contributed by atoms with van der Waals surface area (Å²) in [7, 11) is 0. The van der Waals surface area contributed by atoms with Crippen LogP contribution in [0.2, 0.25) is 0 Å². The molecule has 5 nitrogen and oxygen atoms in total. The molecule has 1 saturated heterocycles. The van der Waals surface area contributed by atoms with Crippen LogP contribution in [0.3, 0.4) is 0 Å². The summed E-state index contributed by atoms with van der Waals surface area (Å²) in [5.74, 6) is 1.30. The minimum Gasteiger partial charge on any atom is -0.492 e. The summed E-state index contributed by atoms with van der Waals surface area (Å²) in [5.41, 5.74) is 1.63. The van der Waals surface area contributed by atoms with Gasteiger partial charge in [0.25, 0.3) is 11.8 Å². The van der Waals surface area contributed by atoms with Gasteiger partial charge in [-0.3, -0.25) is 9.59 Å². The number of carbonyl (C=O) groups is 2. The van der Waals surface area contributed by atoms with Crippen molar-refractivity contribution in [1.82, 2.24) is 4.90 Å². The molecule has 30 heavy (non-hydrogen) atoms. The number of nitrogens with zero attached hydrogens (tertiary/aromatic N) is 1. The SMILES string of the molecule is CC(C)COc1ccc(Br)cc1C(=O)Nc1cccc(C(=O)N2CCC(C)CC2)c1. The standard InChI is InChI=1S/C24H29BrN2O3/c1-16(2)15-30-22-8-7-19(25)14-21(22)23(28)26-20-6-4-5-18(13-20)24(29)27-11-9-17(3)10-12-27/h4-8,13-14,16-17H,9-12,15H2,1-3H3,(H,26,28). The van der Waals surface area contributed by atoms with Crippen molar-refractivity contribution >= 4 is 33.4 Å². The van der Waals surface area contributed by atoms with E-state index in [0.29, 0.717) is 41.0 Å². The molecule has 0 aliphatic carbocycles. The molecule has 0 aromatic heterocycles. The van der Waals surface area contributed by atoms with Gasteiger partial charge in [0.1, 0.15) is 5.75 Å². The molecule has 1 N–H and O–H groups in total. The van der Waals surface area contributed by atoms with Crippen LogP contribution >= 0.6 is 15.9 Å². The van der Waals surface area contributed by atoms with Crippen molar-refractivity contribution in [2.45, 2.75) is 33.6 Å². The van der Waals surface area contributed by atoms with Gasteiger partial charge < -0.3 is 15.0 Å². The third-order valence-corrected chi connectivity index (χ3v) is 5.69. The normalized spacial score (nSPS) is 14.6. The largest absolute Gasteiger partial charge is 0.492 e. The van der Waals surface area contributed by atoms with Crippen LogP contribution in [0.5, 0.6) is 5.75 Å². The van der Waals surface area contributed by atoms with Crippen LogP contribution < -0.4 is 10.1 Å². The maximum atomic E-state index is 12.9. The van der Waals surface area contributed by atoms with E-state index in [1.807, 2.05) is 11.0 Å². The van der Waals surface area contributed by atoms with Crippen molar-refractivity contribution in [3.63, 3.8) is 0 Å². The molecule has 2 amide bonds. The number of hydrogen-bond acceptors (Lipinski definition) is 3. The lowest BCUT2D eigenvalue weighted by molar-refractivity contribution is 0.0697. The zero-order chi connectivity index (χ0) is 21.7. The molecule has 2 aromatic rings. The highest BCUT2D eigenvalue weighted by Gasteiger charge is 2.22. The first-order valence-electron chi connectivity index (χ1n) is 10.5. The van der Waals surface area contributed by atoms with Crippen molar-refractivity contribution < 1.29 is 14.3 Å². The number of likely N-dealkylation sites (tertiary alicyclic amines) is 1. The van der Waals surface area contributed by atoms with Gasteiger partial charge in [-0.1, -0.05) is 42.8 Å². The Hall–Kier alpha value is -2.34. The minimum absolute atomic E-state index is 0.0152. The third kappa shape index (κ3) is 5.85. The Labute approximate surface area is 186 Å². The van der Waals surface area contributed by atoms with Crippen LogP contribution in [0.15, 0.2) is 46.9 Å². The molecule has 0 atom stereocenters. The van der Waals surface area contributed by atoms with Gasteiger partial charge >= 0.3 is 0 Å². The highest BCUT2D eigenvalue weighted by atomic mass is 79.9. The maximum Gasteiger partial charge on any atom is 0.259 e. The Kier molecular flexibility index (Phi) is 7.53. The first-order chi connectivity index (χ1) is 14.3. The fourth-order valence-electron chi connectivity index (χ4n) is 3.38. The van der Waals surface area contributed by atoms with Crippen LogP contribution in [0.4, 0.5) is 5.69 Å². The molecule has 0 unspecified atom stereocenters. The average molecular weight is 473 g/mol. The van der Waals surface area contributed by atoms with E-state index in [9.17, 15) is 9.59 Å². The van der Waals surface area contributed by atoms with E-state index >= 15 is 0 Å². The van der Waals surface area contributed by atoms with E-state index in [4.69, 9.17) is 4.74 Å². The number of halogens is 1. The van der Waals surface area contributed by atoms with E-state index in [1.165, 1.54) is 0 Å². The summed E-state index contributed by atoms with van der Waals surface area (Å²) in [6.07, 6.45) is 2.06. The van der Waals surface area contributed by atoms with Gasteiger partial charge in [0.2, 0.25) is 0 Å². The predicted molar refractivity (Wildman–Crippen MR) is 123 cm³/mol. The summed E-state index contributed by atoms with van der Waals surface area (Å²) in [6, 6.07) is 12.5. The monoisotopic (exact) mass is 472 g/mol. The van der Waals surface area contributed by atoms with E-state index in [1.54, 1.807) is 36.4 Å². The molecular weight excluding hydrogens is 444 g/mol. The Bertz CT molecular complexity index is 905. The Morgan fingerprint density at radius 1 is 1.17 bits per heavy atom. The number of hydrogen-bond donors (Lipinski definition) is 1. The van der Waals surface area contributed by atoms with Crippen molar-refractivity contribution in [2.24, 2.45) is 11.8 Å². The number of benzene rings is 2. The molecule has 3 rings (SSSR count). The first-order valence-corrected chi connectivity index (χ1v) is 11.3. The molecule has 0 saturated carbocycles. The molecule has 0 radical (unpaired) electrons. The van der Waals surface area contributed by atoms with Gasteiger partial charge in [0, 0.05) is 28.8 Å². The second kappa shape index (κ2) is 10.1. The number of nitrogens with one attached hydrogen (secondary N) is 1. The quantitative estimate of drug-likeness (QED) is 0.594. The lowest BCUT2D eigenvalue weighted by atomic mass is 9.98. The van der Waals surface area contributed by atoms with Crippen molar-refractivity contribution in [1.29, 1.82) is 0 Å². The number of ether oxygens (including phenoxy) is 1. The second-order valence-corrected chi connectivity index (χ2v) is 9.27. The van der Waals surface area contributed by atoms with Crippen LogP contribution in [0, 0.1) is 11.8 Å². The molecule has 1 fully saturated rings. The van der Waals surface area contributed by atoms with Gasteiger partial charge in [-0.25, -0.2) is 0 Å². The lowest BCUT2D eigenvalue weighted by Crippen LogP contribution is -2.37. The highest BCUT2D eigenvalue weighted by Crippen LogP contribution is 2.26. The summed E-state index contributed by atoms with van der Waals surface area (Å²) in [5, 5.41) is 2.91. The van der Waals surface area contributed by atoms with E-state index in [-0.39, 0.29) is 11.8 Å². The molecular formula is C24H29BrN2O3. The van der Waals surface area contributed by atoms with Gasteiger partial charge in [-0.05, 0) is 61.1 Å². The van der Waals surface area contributed by atoms with Crippen molar-refractivity contribution in [3.05, 3.63) is 58.1 Å². The number of piperidine rings is 1. The fraction of sp³-hybridized carbons (Fsp3) is 0.417. The number of carbonyl (C=O) groups excluding carboxylic acids is 2. The third-order valence-electron chi connectivity index (χ3n) is 5.20. The summed E-state index contributed by atoms with van der Waals surface area (Å²) in [4.78, 5) is 27.7. The van der Waals surface area contributed by atoms with Gasteiger partial charge in [-0.15, -0.1) is 0 Å². The highest BCUT2D eigenvalue weighted by molar-refractivity contribution is 9.10. The second-order valence-electron chi connectivity index (χ2n) is 8.35. The molecule has 1 aliphatic heterocycles. The van der Waals surface area contributed by atoms with Crippen molar-refractivity contribution in [3.8, 4) is 5.75 Å². The summed E-state index contributed by atoms with van der Waals surface area (Å²) in [6.45, 7) is 8.43. The minimum atomic E-state index is -0.272. The predicted octanol–water partition coefficient (Wildman–Crippen LogP) is 5.61. The molecule has 0 bridgehead atoms. The van der Waals surface area contributed by atoms with E-state index < -0.39 is 0 Å². The Balaban J connectivity index is 1.74. The van der Waals surface area contributed by atoms with Crippen LogP contribution in [-0.4, -0.2) is 36.4 Å². The zero-order valence-corrected chi connectivity index (χ0v) is 19.4. The molecule has 6 heteroatoms. The van der Waals surface area contributed by atoms with Crippen LogP contribution in [0.1, 0.15) is 54.3 Å². The van der Waals surface area contributed by atoms with Gasteiger partial charge in [0.15, 0.2) is 0 Å². The van der Waals surface area contributed by atoms with Crippen molar-refractivity contribution in [2.75, 3.05) is 25.0 Å². The molecule has 1 heterocycles. The topological polar surface area (TPSA) is 58.6 Å². The zero-order valence-electron chi connectivity index (χ0n) is 17.8. The van der Waals surface area contributed by atoms with Crippen LogP contribution in [0.25, 0.3) is 0 Å². The number of rotatable bonds is 6. The smallest absolute Gasteiger partial charge is 0.259 e. The van der Waals surface area contributed by atoms with E-state index in [2.05, 4.69) is 42.0 Å². The molecule has 0 spiro atoms.